The summed E-state index contributed by atoms with van der Waals surface area (Å²) in [6.07, 6.45) is 1.61. The van der Waals surface area contributed by atoms with Crippen molar-refractivity contribution in [2.75, 3.05) is 11.0 Å². The van der Waals surface area contributed by atoms with Gasteiger partial charge in [-0.3, -0.25) is 0 Å². The monoisotopic (exact) mass is 295 g/mol. The van der Waals surface area contributed by atoms with Gasteiger partial charge in [-0.05, 0) is 51.7 Å². The minimum Gasteiger partial charge on any atom is -0.399 e. The minimum absolute atomic E-state index is 0.340. The fourth-order valence-electron chi connectivity index (χ4n) is 2.08. The molecule has 1 heterocycles. The molecule has 0 saturated carbocycles. The van der Waals surface area contributed by atoms with Crippen molar-refractivity contribution in [3.05, 3.63) is 23.8 Å². The van der Waals surface area contributed by atoms with Crippen LogP contribution in [0.2, 0.25) is 0 Å². The summed E-state index contributed by atoms with van der Waals surface area (Å²) in [5.41, 5.74) is 2.19. The van der Waals surface area contributed by atoms with E-state index in [-0.39, 0.29) is 18.3 Å². The van der Waals surface area contributed by atoms with Crippen LogP contribution >= 0.6 is 0 Å². The van der Waals surface area contributed by atoms with Crippen molar-refractivity contribution < 1.29 is 13.5 Å². The van der Waals surface area contributed by atoms with E-state index < -0.39 is 11.0 Å². The van der Waals surface area contributed by atoms with Crippen LogP contribution in [-0.4, -0.2) is 28.8 Å². The van der Waals surface area contributed by atoms with Crippen LogP contribution in [-0.2, 0) is 20.3 Å². The van der Waals surface area contributed by atoms with Gasteiger partial charge in [-0.25, -0.2) is 4.21 Å². The molecular weight excluding hydrogens is 273 g/mol. The Kier molecular flexibility index (Phi) is 4.02. The van der Waals surface area contributed by atoms with Gasteiger partial charge in [0.1, 0.15) is 11.0 Å². The molecule has 110 valence electrons. The topological polar surface area (TPSA) is 47.6 Å². The summed E-state index contributed by atoms with van der Waals surface area (Å²) in [4.78, 5) is 0. The number of hydrogen-bond donors (Lipinski definition) is 1. The maximum absolute atomic E-state index is 11.2. The predicted molar refractivity (Wildman–Crippen MR) is 84.6 cm³/mol. The van der Waals surface area contributed by atoms with Gasteiger partial charge in [-0.15, -0.1) is 0 Å². The third kappa shape index (κ3) is 2.92. The molecule has 1 aliphatic heterocycles. The van der Waals surface area contributed by atoms with Gasteiger partial charge in [0.15, 0.2) is 0 Å². The Balaban J connectivity index is 2.24. The summed E-state index contributed by atoms with van der Waals surface area (Å²) in [7, 11) is -1.43. The van der Waals surface area contributed by atoms with Crippen molar-refractivity contribution >= 4 is 29.3 Å². The van der Waals surface area contributed by atoms with Gasteiger partial charge in [-0.1, -0.05) is 12.1 Å². The maximum Gasteiger partial charge on any atom is 0.494 e. The van der Waals surface area contributed by atoms with Gasteiger partial charge < -0.3 is 14.0 Å². The molecule has 6 heteroatoms. The predicted octanol–water partition coefficient (Wildman–Crippen LogP) is 2.00. The van der Waals surface area contributed by atoms with Gasteiger partial charge in [0.2, 0.25) is 0 Å². The van der Waals surface area contributed by atoms with E-state index >= 15 is 0 Å². The van der Waals surface area contributed by atoms with E-state index in [1.54, 1.807) is 6.26 Å². The third-order valence-corrected chi connectivity index (χ3v) is 4.54. The molecule has 1 saturated heterocycles. The van der Waals surface area contributed by atoms with E-state index in [1.807, 2.05) is 52.8 Å². The van der Waals surface area contributed by atoms with E-state index in [4.69, 9.17) is 9.31 Å². The zero-order valence-electron chi connectivity index (χ0n) is 12.9. The molecule has 1 N–H and O–H groups in total. The highest BCUT2D eigenvalue weighted by Gasteiger charge is 2.51. The van der Waals surface area contributed by atoms with E-state index in [0.29, 0.717) is 0 Å². The van der Waals surface area contributed by atoms with Crippen LogP contribution in [0, 0.1) is 6.92 Å². The molecule has 2 rings (SSSR count). The van der Waals surface area contributed by atoms with Crippen LogP contribution < -0.4 is 10.2 Å². The highest BCUT2D eigenvalue weighted by Crippen LogP contribution is 2.36. The third-order valence-electron chi connectivity index (χ3n) is 4.03. The van der Waals surface area contributed by atoms with Crippen molar-refractivity contribution in [3.8, 4) is 0 Å². The fraction of sp³-hybridized carbons (Fsp3) is 0.571. The summed E-state index contributed by atoms with van der Waals surface area (Å²) in [5, 5.41) is 0. The van der Waals surface area contributed by atoms with Crippen molar-refractivity contribution in [3.63, 3.8) is 0 Å². The Morgan fingerprint density at radius 2 is 1.70 bits per heavy atom. The van der Waals surface area contributed by atoms with Crippen molar-refractivity contribution in [2.45, 2.75) is 45.8 Å². The van der Waals surface area contributed by atoms with E-state index in [9.17, 15) is 4.21 Å². The molecule has 1 aromatic carbocycles. The molecule has 4 nitrogen and oxygen atoms in total. The average molecular weight is 295 g/mol. The SMILES string of the molecule is Cc1cc(B2OC(C)(C)C(C)(C)O2)ccc1NS(C)=O. The van der Waals surface area contributed by atoms with Crippen molar-refractivity contribution in [2.24, 2.45) is 0 Å². The molecule has 1 unspecified atom stereocenters. The van der Waals surface area contributed by atoms with Gasteiger partial charge >= 0.3 is 7.12 Å². The quantitative estimate of drug-likeness (QED) is 0.868. The molecule has 1 aliphatic rings. The molecule has 0 aromatic heterocycles. The molecule has 0 aliphatic carbocycles. The van der Waals surface area contributed by atoms with E-state index in [0.717, 1.165) is 16.7 Å². The zero-order valence-corrected chi connectivity index (χ0v) is 13.8. The van der Waals surface area contributed by atoms with Crippen LogP contribution in [0.1, 0.15) is 33.3 Å². The standard InChI is InChI=1S/C14H22BNO3S/c1-10-9-11(7-8-12(10)16-20(6)17)15-18-13(2,3)14(4,5)19-15/h7-9,16H,1-6H3. The maximum atomic E-state index is 11.2. The smallest absolute Gasteiger partial charge is 0.399 e. The van der Waals surface area contributed by atoms with E-state index in [1.165, 1.54) is 0 Å². The highest BCUT2D eigenvalue weighted by molar-refractivity contribution is 7.85. The Hall–Kier alpha value is -0.845. The number of anilines is 1. The molecule has 1 atom stereocenters. The van der Waals surface area contributed by atoms with Crippen LogP contribution in [0.15, 0.2) is 18.2 Å². The largest absolute Gasteiger partial charge is 0.494 e. The first-order valence-electron chi connectivity index (χ1n) is 6.69. The van der Waals surface area contributed by atoms with Crippen LogP contribution in [0.4, 0.5) is 5.69 Å². The molecule has 1 fully saturated rings. The van der Waals surface area contributed by atoms with Gasteiger partial charge in [0.05, 0.1) is 11.2 Å². The second-order valence-corrected chi connectivity index (χ2v) is 7.33. The Bertz CT molecular complexity index is 529. The van der Waals surface area contributed by atoms with Gasteiger partial charge in [-0.2, -0.15) is 0 Å². The summed E-state index contributed by atoms with van der Waals surface area (Å²) >= 11 is 0. The summed E-state index contributed by atoms with van der Waals surface area (Å²) < 4.78 is 26.2. The molecule has 0 amide bonds. The molecule has 1 aromatic rings. The highest BCUT2D eigenvalue weighted by atomic mass is 32.2. The number of rotatable bonds is 3. The van der Waals surface area contributed by atoms with Crippen LogP contribution in [0.3, 0.4) is 0 Å². The molecular formula is C14H22BNO3S. The zero-order chi connectivity index (χ0) is 15.1. The van der Waals surface area contributed by atoms with Crippen LogP contribution in [0.5, 0.6) is 0 Å². The number of benzene rings is 1. The molecule has 0 bridgehead atoms. The minimum atomic E-state index is -1.07. The Morgan fingerprint density at radius 3 is 2.15 bits per heavy atom. The van der Waals surface area contributed by atoms with Crippen molar-refractivity contribution in [1.29, 1.82) is 0 Å². The molecule has 0 radical (unpaired) electrons. The molecule has 20 heavy (non-hydrogen) atoms. The number of nitrogens with one attached hydrogen (secondary N) is 1. The first kappa shape index (κ1) is 15.5. The summed E-state index contributed by atoms with van der Waals surface area (Å²) in [6, 6.07) is 5.87. The first-order valence-corrected chi connectivity index (χ1v) is 8.24. The Labute approximate surface area is 124 Å². The molecule has 0 spiro atoms. The average Bonchev–Trinajstić information content (AvgIpc) is 2.50. The second-order valence-electron chi connectivity index (χ2n) is 6.22. The number of hydrogen-bond acceptors (Lipinski definition) is 3. The van der Waals surface area contributed by atoms with Gasteiger partial charge in [0.25, 0.3) is 0 Å². The van der Waals surface area contributed by atoms with Crippen LogP contribution in [0.25, 0.3) is 0 Å². The lowest BCUT2D eigenvalue weighted by Gasteiger charge is -2.32. The van der Waals surface area contributed by atoms with Crippen molar-refractivity contribution in [1.82, 2.24) is 0 Å². The van der Waals surface area contributed by atoms with Gasteiger partial charge in [0, 0.05) is 11.9 Å². The fourth-order valence-corrected chi connectivity index (χ4v) is 2.62. The summed E-state index contributed by atoms with van der Waals surface area (Å²) in [5.74, 6) is 0. The first-order chi connectivity index (χ1) is 9.12. The number of aryl methyl sites for hydroxylation is 1. The lowest BCUT2D eigenvalue weighted by atomic mass is 9.78. The Morgan fingerprint density at radius 1 is 1.15 bits per heavy atom. The summed E-state index contributed by atoms with van der Waals surface area (Å²) in [6.45, 7) is 10.1. The lowest BCUT2D eigenvalue weighted by molar-refractivity contribution is 0.00578. The lowest BCUT2D eigenvalue weighted by Crippen LogP contribution is -2.41. The normalized spacial score (nSPS) is 21.8. The second kappa shape index (κ2) is 5.17. The van der Waals surface area contributed by atoms with E-state index in [2.05, 4.69) is 4.72 Å².